The van der Waals surface area contributed by atoms with E-state index in [0.29, 0.717) is 18.0 Å². The Balaban J connectivity index is 2.25. The predicted molar refractivity (Wildman–Crippen MR) is 92.4 cm³/mol. The number of anilines is 1. The summed E-state index contributed by atoms with van der Waals surface area (Å²) in [4.78, 5) is 22.3. The highest BCUT2D eigenvalue weighted by Gasteiger charge is 2.12. The van der Waals surface area contributed by atoms with Gasteiger partial charge in [0, 0.05) is 17.8 Å². The first-order valence-corrected chi connectivity index (χ1v) is 7.56. The summed E-state index contributed by atoms with van der Waals surface area (Å²) in [5, 5.41) is 34.0. The van der Waals surface area contributed by atoms with E-state index in [4.69, 9.17) is 4.74 Å². The molecule has 132 valence electrons. The molecule has 0 aromatic heterocycles. The fraction of sp³-hybridized carbons (Fsp3) is 0.111. The van der Waals surface area contributed by atoms with Crippen molar-refractivity contribution in [2.75, 3.05) is 11.9 Å². The maximum atomic E-state index is 12.3. The van der Waals surface area contributed by atoms with Crippen molar-refractivity contribution in [1.82, 2.24) is 0 Å². The molecule has 0 saturated heterocycles. The largest absolute Gasteiger partial charge is 0.868 e. The summed E-state index contributed by atoms with van der Waals surface area (Å²) in [5.74, 6) is -0.868. The number of nitriles is 1. The van der Waals surface area contributed by atoms with Gasteiger partial charge in [-0.25, -0.2) is 0 Å². The first-order valence-electron chi connectivity index (χ1n) is 7.56. The zero-order valence-electron chi connectivity index (χ0n) is 13.8. The molecule has 0 spiro atoms. The van der Waals surface area contributed by atoms with E-state index in [9.17, 15) is 25.3 Å². The molecular formula is C18H14N3O5-. The lowest BCUT2D eigenvalue weighted by molar-refractivity contribution is -0.398. The van der Waals surface area contributed by atoms with Crippen LogP contribution < -0.4 is 15.2 Å². The molecular weight excluding hydrogens is 338 g/mol. The Hall–Kier alpha value is -3.86. The number of ether oxygens (including phenoxy) is 1. The van der Waals surface area contributed by atoms with E-state index in [1.54, 1.807) is 30.3 Å². The van der Waals surface area contributed by atoms with Gasteiger partial charge in [-0.2, -0.15) is 5.26 Å². The standard InChI is InChI=1S/C18H15N3O5/c1-2-26-15-5-3-4-14(10-15)20-18(23)13(11-19)8-12-6-7-17(22)16(9-12)21(24)25/h3-10,22H,2H2,1H3,(H,20,23)/p-1/b13-8+. The first-order chi connectivity index (χ1) is 12.4. The van der Waals surface area contributed by atoms with E-state index >= 15 is 0 Å². The number of benzene rings is 2. The Kier molecular flexibility index (Phi) is 5.90. The lowest BCUT2D eigenvalue weighted by Crippen LogP contribution is -2.13. The first kappa shape index (κ1) is 18.5. The van der Waals surface area contributed by atoms with Crippen LogP contribution in [0.25, 0.3) is 6.08 Å². The Morgan fingerprint density at radius 2 is 2.12 bits per heavy atom. The Bertz CT molecular complexity index is 915. The minimum Gasteiger partial charge on any atom is -0.868 e. The van der Waals surface area contributed by atoms with Gasteiger partial charge in [0.05, 0.1) is 11.5 Å². The Morgan fingerprint density at radius 1 is 1.35 bits per heavy atom. The highest BCUT2D eigenvalue weighted by Crippen LogP contribution is 2.25. The summed E-state index contributed by atoms with van der Waals surface area (Å²) < 4.78 is 5.33. The van der Waals surface area contributed by atoms with Crippen molar-refractivity contribution >= 4 is 23.4 Å². The minimum absolute atomic E-state index is 0.200. The molecule has 2 aromatic carbocycles. The van der Waals surface area contributed by atoms with Gasteiger partial charge in [0.2, 0.25) is 0 Å². The van der Waals surface area contributed by atoms with Crippen molar-refractivity contribution in [1.29, 1.82) is 5.26 Å². The van der Waals surface area contributed by atoms with E-state index < -0.39 is 22.3 Å². The summed E-state index contributed by atoms with van der Waals surface area (Å²) >= 11 is 0. The number of nitrogens with one attached hydrogen (secondary N) is 1. The van der Waals surface area contributed by atoms with Crippen molar-refractivity contribution < 1.29 is 19.6 Å². The molecule has 2 rings (SSSR count). The van der Waals surface area contributed by atoms with Crippen LogP contribution in [0.1, 0.15) is 12.5 Å². The van der Waals surface area contributed by atoms with Crippen LogP contribution >= 0.6 is 0 Å². The minimum atomic E-state index is -0.814. The number of nitrogens with zero attached hydrogens (tertiary/aromatic N) is 2. The summed E-state index contributed by atoms with van der Waals surface area (Å²) in [5.41, 5.74) is -0.255. The zero-order valence-corrected chi connectivity index (χ0v) is 13.8. The van der Waals surface area contributed by atoms with Gasteiger partial charge in [0.25, 0.3) is 11.6 Å². The highest BCUT2D eigenvalue weighted by atomic mass is 16.6. The van der Waals surface area contributed by atoms with Crippen LogP contribution in [0, 0.1) is 21.4 Å². The number of nitro benzene ring substituents is 1. The second-order valence-corrected chi connectivity index (χ2v) is 5.07. The van der Waals surface area contributed by atoms with E-state index in [-0.39, 0.29) is 11.1 Å². The van der Waals surface area contributed by atoms with Crippen LogP contribution in [-0.4, -0.2) is 17.4 Å². The normalized spacial score (nSPS) is 10.7. The molecule has 0 aliphatic carbocycles. The molecule has 0 aliphatic rings. The molecule has 0 heterocycles. The van der Waals surface area contributed by atoms with Crippen molar-refractivity contribution in [3.05, 3.63) is 63.7 Å². The molecule has 8 heteroatoms. The maximum absolute atomic E-state index is 12.3. The number of hydrogen-bond donors (Lipinski definition) is 1. The summed E-state index contributed by atoms with van der Waals surface area (Å²) in [6.45, 7) is 2.30. The van der Waals surface area contributed by atoms with E-state index in [0.717, 1.165) is 12.1 Å². The van der Waals surface area contributed by atoms with Gasteiger partial charge in [-0.1, -0.05) is 18.2 Å². The fourth-order valence-corrected chi connectivity index (χ4v) is 2.11. The lowest BCUT2D eigenvalue weighted by Gasteiger charge is -2.08. The predicted octanol–water partition coefficient (Wildman–Crippen LogP) is 2.61. The van der Waals surface area contributed by atoms with Gasteiger partial charge in [-0.3, -0.25) is 14.9 Å². The molecule has 1 N–H and O–H groups in total. The van der Waals surface area contributed by atoms with Crippen LogP contribution in [0.2, 0.25) is 0 Å². The number of carbonyl (C=O) groups is 1. The number of nitro groups is 1. The molecule has 26 heavy (non-hydrogen) atoms. The smallest absolute Gasteiger partial charge is 0.266 e. The Morgan fingerprint density at radius 3 is 2.77 bits per heavy atom. The quantitative estimate of drug-likeness (QED) is 0.368. The van der Waals surface area contributed by atoms with Gasteiger partial charge in [0.15, 0.2) is 0 Å². The molecule has 0 fully saturated rings. The highest BCUT2D eigenvalue weighted by molar-refractivity contribution is 6.09. The molecule has 0 radical (unpaired) electrons. The van der Waals surface area contributed by atoms with Gasteiger partial charge in [-0.05, 0) is 36.4 Å². The van der Waals surface area contributed by atoms with Crippen molar-refractivity contribution in [3.63, 3.8) is 0 Å². The van der Waals surface area contributed by atoms with Crippen LogP contribution in [-0.2, 0) is 4.79 Å². The Labute approximate surface area is 149 Å². The third kappa shape index (κ3) is 4.58. The molecule has 0 saturated carbocycles. The molecule has 8 nitrogen and oxygen atoms in total. The average Bonchev–Trinajstić information content (AvgIpc) is 2.61. The number of rotatable bonds is 6. The van der Waals surface area contributed by atoms with Crippen molar-refractivity contribution in [2.24, 2.45) is 0 Å². The summed E-state index contributed by atoms with van der Waals surface area (Å²) in [6, 6.07) is 11.7. The van der Waals surface area contributed by atoms with E-state index in [2.05, 4.69) is 5.32 Å². The van der Waals surface area contributed by atoms with Crippen molar-refractivity contribution in [3.8, 4) is 17.6 Å². The maximum Gasteiger partial charge on any atom is 0.266 e. The summed E-state index contributed by atoms with van der Waals surface area (Å²) in [6.07, 6.45) is 1.17. The van der Waals surface area contributed by atoms with Crippen LogP contribution in [0.5, 0.6) is 11.5 Å². The van der Waals surface area contributed by atoms with E-state index in [1.807, 2.05) is 6.92 Å². The van der Waals surface area contributed by atoms with Gasteiger partial charge < -0.3 is 15.2 Å². The van der Waals surface area contributed by atoms with Crippen LogP contribution in [0.3, 0.4) is 0 Å². The summed E-state index contributed by atoms with van der Waals surface area (Å²) in [7, 11) is 0. The molecule has 0 aliphatic heterocycles. The van der Waals surface area contributed by atoms with Crippen LogP contribution in [0.15, 0.2) is 48.0 Å². The van der Waals surface area contributed by atoms with E-state index in [1.165, 1.54) is 12.1 Å². The third-order valence-corrected chi connectivity index (χ3v) is 3.26. The molecule has 2 aromatic rings. The second kappa shape index (κ2) is 8.30. The fourth-order valence-electron chi connectivity index (χ4n) is 2.11. The monoisotopic (exact) mass is 352 g/mol. The number of amides is 1. The zero-order chi connectivity index (χ0) is 19.1. The lowest BCUT2D eigenvalue weighted by atomic mass is 10.1. The molecule has 0 bridgehead atoms. The third-order valence-electron chi connectivity index (χ3n) is 3.26. The molecule has 1 amide bonds. The number of hydrogen-bond acceptors (Lipinski definition) is 6. The van der Waals surface area contributed by atoms with Crippen molar-refractivity contribution in [2.45, 2.75) is 6.92 Å². The van der Waals surface area contributed by atoms with Gasteiger partial charge in [-0.15, -0.1) is 0 Å². The van der Waals surface area contributed by atoms with Gasteiger partial charge >= 0.3 is 0 Å². The second-order valence-electron chi connectivity index (χ2n) is 5.07. The van der Waals surface area contributed by atoms with Crippen LogP contribution in [0.4, 0.5) is 11.4 Å². The van der Waals surface area contributed by atoms with Gasteiger partial charge in [0.1, 0.15) is 17.4 Å². The molecule has 0 atom stereocenters. The topological polar surface area (TPSA) is 128 Å². The molecule has 0 unspecified atom stereocenters. The average molecular weight is 352 g/mol. The SMILES string of the molecule is CCOc1cccc(NC(=O)/C(C#N)=C/c2ccc([O-])c([N+](=O)[O-])c2)c1. The number of carbonyl (C=O) groups excluding carboxylic acids is 1.